The van der Waals surface area contributed by atoms with E-state index in [2.05, 4.69) is 4.98 Å². The average molecular weight is 252 g/mol. The van der Waals surface area contributed by atoms with Crippen LogP contribution >= 0.6 is 0 Å². The second kappa shape index (κ2) is 3.71. The van der Waals surface area contributed by atoms with E-state index < -0.39 is 5.56 Å². The van der Waals surface area contributed by atoms with Gasteiger partial charge in [-0.2, -0.15) is 5.26 Å². The maximum atomic E-state index is 11.9. The van der Waals surface area contributed by atoms with E-state index in [9.17, 15) is 10.1 Å². The molecule has 0 radical (unpaired) electrons. The van der Waals surface area contributed by atoms with E-state index in [-0.39, 0.29) is 22.3 Å². The fourth-order valence-corrected chi connectivity index (χ4v) is 2.15. The van der Waals surface area contributed by atoms with Crippen LogP contribution in [0.25, 0.3) is 21.7 Å². The first-order valence-electron chi connectivity index (χ1n) is 5.45. The highest BCUT2D eigenvalue weighted by Gasteiger charge is 2.15. The molecule has 4 N–H and O–H groups in total. The standard InChI is InChI=1S/C13H8N4O2/c14-5-7-9-6-3-1-2-4-8(6)19-12(16)10(9)13(18)17-11(7)15/h1-4,16H,(H3,15,17,18). The molecule has 0 aliphatic heterocycles. The maximum absolute atomic E-state index is 11.9. The molecule has 3 rings (SSSR count). The molecule has 0 saturated carbocycles. The number of aromatic nitrogens is 1. The minimum Gasteiger partial charge on any atom is -0.438 e. The highest BCUT2D eigenvalue weighted by molar-refractivity contribution is 6.08. The van der Waals surface area contributed by atoms with Gasteiger partial charge >= 0.3 is 0 Å². The molecule has 0 saturated heterocycles. The molecule has 1 aromatic carbocycles. The number of nitrogens with one attached hydrogen (secondary N) is 2. The summed E-state index contributed by atoms with van der Waals surface area (Å²) in [4.78, 5) is 14.3. The minimum atomic E-state index is -0.536. The summed E-state index contributed by atoms with van der Waals surface area (Å²) in [5.41, 5.74) is 5.43. The Morgan fingerprint density at radius 3 is 2.79 bits per heavy atom. The van der Waals surface area contributed by atoms with Crippen LogP contribution < -0.4 is 16.8 Å². The van der Waals surface area contributed by atoms with Crippen LogP contribution in [0, 0.1) is 16.7 Å². The Kier molecular flexibility index (Phi) is 2.16. The van der Waals surface area contributed by atoms with Gasteiger partial charge in [0, 0.05) is 10.8 Å². The van der Waals surface area contributed by atoms with Crippen LogP contribution in [0.2, 0.25) is 0 Å². The third-order valence-electron chi connectivity index (χ3n) is 2.95. The molecule has 19 heavy (non-hydrogen) atoms. The number of hydrogen-bond acceptors (Lipinski definition) is 5. The van der Waals surface area contributed by atoms with Gasteiger partial charge in [-0.25, -0.2) is 0 Å². The van der Waals surface area contributed by atoms with Crippen LogP contribution in [0.4, 0.5) is 5.82 Å². The molecule has 6 heteroatoms. The summed E-state index contributed by atoms with van der Waals surface area (Å²) >= 11 is 0. The first kappa shape index (κ1) is 11.0. The van der Waals surface area contributed by atoms with E-state index in [0.717, 1.165) is 0 Å². The van der Waals surface area contributed by atoms with Gasteiger partial charge < -0.3 is 15.1 Å². The Hall–Kier alpha value is -3.07. The van der Waals surface area contributed by atoms with Gasteiger partial charge in [0.25, 0.3) is 5.56 Å². The van der Waals surface area contributed by atoms with Crippen molar-refractivity contribution in [3.8, 4) is 6.07 Å². The molecule has 0 aliphatic carbocycles. The fraction of sp³-hybridized carbons (Fsp3) is 0. The zero-order valence-corrected chi connectivity index (χ0v) is 9.65. The molecule has 0 fully saturated rings. The van der Waals surface area contributed by atoms with Crippen LogP contribution in [0.5, 0.6) is 0 Å². The van der Waals surface area contributed by atoms with Crippen molar-refractivity contribution < 1.29 is 4.42 Å². The van der Waals surface area contributed by atoms with E-state index in [1.807, 2.05) is 6.07 Å². The Bertz CT molecular complexity index is 976. The van der Waals surface area contributed by atoms with E-state index in [1.165, 1.54) is 0 Å². The molecule has 2 heterocycles. The van der Waals surface area contributed by atoms with Crippen molar-refractivity contribution in [2.75, 3.05) is 5.73 Å². The largest absolute Gasteiger partial charge is 0.438 e. The third-order valence-corrected chi connectivity index (χ3v) is 2.95. The molecular formula is C13H8N4O2. The van der Waals surface area contributed by atoms with Crippen molar-refractivity contribution in [3.63, 3.8) is 0 Å². The lowest BCUT2D eigenvalue weighted by molar-refractivity contribution is 0.542. The average Bonchev–Trinajstić information content (AvgIpc) is 2.38. The monoisotopic (exact) mass is 252 g/mol. The zero-order chi connectivity index (χ0) is 13.6. The van der Waals surface area contributed by atoms with Crippen LogP contribution in [0.1, 0.15) is 5.56 Å². The first-order valence-corrected chi connectivity index (χ1v) is 5.45. The van der Waals surface area contributed by atoms with Crippen LogP contribution in [-0.2, 0) is 0 Å². The smallest absolute Gasteiger partial charge is 0.262 e. The van der Waals surface area contributed by atoms with Crippen LogP contribution in [0.15, 0.2) is 33.5 Å². The molecule has 2 aromatic heterocycles. The second-order valence-corrected chi connectivity index (χ2v) is 4.03. The van der Waals surface area contributed by atoms with Gasteiger partial charge in [0.1, 0.15) is 28.4 Å². The SMILES string of the molecule is N#Cc1c(N)[nH]c(=O)c2c(=N)oc3ccccc3c12. The van der Waals surface area contributed by atoms with Gasteiger partial charge in [-0.15, -0.1) is 0 Å². The van der Waals surface area contributed by atoms with Crippen molar-refractivity contribution in [3.05, 3.63) is 45.7 Å². The first-order chi connectivity index (χ1) is 9.13. The minimum absolute atomic E-state index is 0.00393. The van der Waals surface area contributed by atoms with E-state index in [4.69, 9.17) is 15.6 Å². The maximum Gasteiger partial charge on any atom is 0.262 e. The summed E-state index contributed by atoms with van der Waals surface area (Å²) in [5, 5.41) is 18.0. The number of fused-ring (bicyclic) bond motifs is 3. The molecule has 0 atom stereocenters. The number of anilines is 1. The van der Waals surface area contributed by atoms with Crippen molar-refractivity contribution in [2.45, 2.75) is 0 Å². The number of H-pyrrole nitrogens is 1. The Balaban J connectivity index is 2.82. The molecule has 0 bridgehead atoms. The summed E-state index contributed by atoms with van der Waals surface area (Å²) < 4.78 is 5.29. The number of para-hydroxylation sites is 1. The lowest BCUT2D eigenvalue weighted by atomic mass is 10.0. The summed E-state index contributed by atoms with van der Waals surface area (Å²) in [5.74, 6) is -0.00393. The van der Waals surface area contributed by atoms with Crippen molar-refractivity contribution >= 4 is 27.6 Å². The number of nitrogen functional groups attached to an aromatic ring is 1. The van der Waals surface area contributed by atoms with Gasteiger partial charge in [0.15, 0.2) is 0 Å². The van der Waals surface area contributed by atoms with Gasteiger partial charge in [-0.1, -0.05) is 18.2 Å². The number of hydrogen-bond donors (Lipinski definition) is 3. The molecule has 0 unspecified atom stereocenters. The highest BCUT2D eigenvalue weighted by atomic mass is 16.3. The van der Waals surface area contributed by atoms with Gasteiger partial charge in [0.2, 0.25) is 5.55 Å². The van der Waals surface area contributed by atoms with Crippen molar-refractivity contribution in [1.29, 1.82) is 10.7 Å². The number of nitrogens with two attached hydrogens (primary N) is 1. The number of benzene rings is 1. The molecule has 3 aromatic rings. The lowest BCUT2D eigenvalue weighted by Crippen LogP contribution is -2.18. The molecule has 0 aliphatic rings. The topological polar surface area (TPSA) is 120 Å². The quantitative estimate of drug-likeness (QED) is 0.521. The second-order valence-electron chi connectivity index (χ2n) is 4.03. The Labute approximate surface area is 106 Å². The zero-order valence-electron chi connectivity index (χ0n) is 9.65. The van der Waals surface area contributed by atoms with Crippen molar-refractivity contribution in [2.24, 2.45) is 0 Å². The summed E-state index contributed by atoms with van der Waals surface area (Å²) in [6.07, 6.45) is 0. The summed E-state index contributed by atoms with van der Waals surface area (Å²) in [6, 6.07) is 8.87. The molecule has 6 nitrogen and oxygen atoms in total. The van der Waals surface area contributed by atoms with Gasteiger partial charge in [-0.3, -0.25) is 10.2 Å². The van der Waals surface area contributed by atoms with Gasteiger partial charge in [0.05, 0.1) is 0 Å². The Morgan fingerprint density at radius 2 is 2.05 bits per heavy atom. The number of nitrogens with zero attached hydrogens (tertiary/aromatic N) is 1. The molecular weight excluding hydrogens is 244 g/mol. The number of aromatic amines is 1. The predicted molar refractivity (Wildman–Crippen MR) is 69.3 cm³/mol. The Morgan fingerprint density at radius 1 is 1.32 bits per heavy atom. The fourth-order valence-electron chi connectivity index (χ4n) is 2.15. The van der Waals surface area contributed by atoms with Gasteiger partial charge in [-0.05, 0) is 6.07 Å². The normalized spacial score (nSPS) is 10.7. The molecule has 0 amide bonds. The molecule has 92 valence electrons. The lowest BCUT2D eigenvalue weighted by Gasteiger charge is -2.06. The van der Waals surface area contributed by atoms with E-state index in [0.29, 0.717) is 16.4 Å². The third kappa shape index (κ3) is 1.42. The molecule has 0 spiro atoms. The van der Waals surface area contributed by atoms with Crippen LogP contribution in [0.3, 0.4) is 0 Å². The van der Waals surface area contributed by atoms with Crippen LogP contribution in [-0.4, -0.2) is 4.98 Å². The van der Waals surface area contributed by atoms with E-state index >= 15 is 0 Å². The predicted octanol–water partition coefficient (Wildman–Crippen LogP) is 1.21. The van der Waals surface area contributed by atoms with E-state index in [1.54, 1.807) is 24.3 Å². The summed E-state index contributed by atoms with van der Waals surface area (Å²) in [7, 11) is 0. The number of rotatable bonds is 0. The number of pyridine rings is 1. The van der Waals surface area contributed by atoms with Crippen molar-refractivity contribution in [1.82, 2.24) is 4.98 Å². The summed E-state index contributed by atoms with van der Waals surface area (Å²) in [6.45, 7) is 0. The highest BCUT2D eigenvalue weighted by Crippen LogP contribution is 2.25. The number of nitriles is 1.